The third kappa shape index (κ3) is 4.60. The van der Waals surface area contributed by atoms with Crippen molar-refractivity contribution >= 4 is 9.84 Å². The van der Waals surface area contributed by atoms with Crippen molar-refractivity contribution in [3.05, 3.63) is 29.8 Å². The normalized spacial score (nSPS) is 23.0. The van der Waals surface area contributed by atoms with E-state index in [2.05, 4.69) is 4.74 Å². The van der Waals surface area contributed by atoms with Crippen LogP contribution in [0.1, 0.15) is 24.5 Å². The van der Waals surface area contributed by atoms with E-state index in [4.69, 9.17) is 0 Å². The number of aliphatic hydroxyl groups excluding tert-OH is 1. The van der Waals surface area contributed by atoms with Gasteiger partial charge in [-0.05, 0) is 24.8 Å². The molecule has 0 radical (unpaired) electrons. The van der Waals surface area contributed by atoms with E-state index in [9.17, 15) is 26.7 Å². The smallest absolute Gasteiger partial charge is 0.405 e. The SMILES string of the molecule is O=S1(=O)CCC(CC(O)c2ccccc2OC(F)(F)F)C1. The van der Waals surface area contributed by atoms with Crippen LogP contribution in [0.2, 0.25) is 0 Å². The molecule has 1 heterocycles. The molecule has 8 heteroatoms. The Labute approximate surface area is 120 Å². The fourth-order valence-corrected chi connectivity index (χ4v) is 4.35. The van der Waals surface area contributed by atoms with Crippen LogP contribution < -0.4 is 4.74 Å². The Balaban J connectivity index is 2.11. The van der Waals surface area contributed by atoms with Gasteiger partial charge in [0.05, 0.1) is 17.6 Å². The standard InChI is InChI=1S/C13H15F3O4S/c14-13(15,16)20-12-4-2-1-3-10(12)11(17)7-9-5-6-21(18,19)8-9/h1-4,9,11,17H,5-8H2. The lowest BCUT2D eigenvalue weighted by molar-refractivity contribution is -0.275. The van der Waals surface area contributed by atoms with E-state index >= 15 is 0 Å². The molecule has 4 nitrogen and oxygen atoms in total. The molecule has 1 aromatic carbocycles. The maximum Gasteiger partial charge on any atom is 0.573 e. The zero-order valence-corrected chi connectivity index (χ0v) is 11.8. The maximum atomic E-state index is 12.3. The first-order chi connectivity index (χ1) is 9.66. The highest BCUT2D eigenvalue weighted by Gasteiger charge is 2.34. The predicted octanol–water partition coefficient (Wildman–Crippen LogP) is 2.44. The summed E-state index contributed by atoms with van der Waals surface area (Å²) in [6.45, 7) is 0. The first-order valence-electron chi connectivity index (χ1n) is 6.39. The molecule has 21 heavy (non-hydrogen) atoms. The predicted molar refractivity (Wildman–Crippen MR) is 69.5 cm³/mol. The molecule has 0 saturated carbocycles. The zero-order chi connectivity index (χ0) is 15.7. The van der Waals surface area contributed by atoms with Gasteiger partial charge in [0.1, 0.15) is 5.75 Å². The van der Waals surface area contributed by atoms with Gasteiger partial charge in [0, 0.05) is 5.56 Å². The van der Waals surface area contributed by atoms with E-state index in [1.165, 1.54) is 18.2 Å². The summed E-state index contributed by atoms with van der Waals surface area (Å²) in [5.74, 6) is -0.681. The molecule has 1 saturated heterocycles. The number of hydrogen-bond acceptors (Lipinski definition) is 4. The Morgan fingerprint density at radius 1 is 1.33 bits per heavy atom. The van der Waals surface area contributed by atoms with E-state index in [-0.39, 0.29) is 29.4 Å². The highest BCUT2D eigenvalue weighted by Crippen LogP contribution is 2.35. The lowest BCUT2D eigenvalue weighted by atomic mass is 9.96. The molecule has 1 aromatic rings. The Kier molecular flexibility index (Phi) is 4.48. The lowest BCUT2D eigenvalue weighted by Gasteiger charge is -2.19. The number of para-hydroxylation sites is 1. The van der Waals surface area contributed by atoms with Crippen LogP contribution in [0.3, 0.4) is 0 Å². The second-order valence-corrected chi connectivity index (χ2v) is 7.33. The second kappa shape index (κ2) is 5.84. The molecule has 1 aliphatic rings. The Morgan fingerprint density at radius 2 is 2.00 bits per heavy atom. The third-order valence-corrected chi connectivity index (χ3v) is 5.22. The number of ether oxygens (including phenoxy) is 1. The van der Waals surface area contributed by atoms with Gasteiger partial charge in [-0.25, -0.2) is 8.42 Å². The van der Waals surface area contributed by atoms with E-state index in [1.807, 2.05) is 0 Å². The molecule has 1 fully saturated rings. The highest BCUT2D eigenvalue weighted by atomic mass is 32.2. The van der Waals surface area contributed by atoms with Crippen LogP contribution in [-0.2, 0) is 9.84 Å². The van der Waals surface area contributed by atoms with Gasteiger partial charge in [-0.15, -0.1) is 13.2 Å². The summed E-state index contributed by atoms with van der Waals surface area (Å²) in [4.78, 5) is 0. The highest BCUT2D eigenvalue weighted by molar-refractivity contribution is 7.91. The maximum absolute atomic E-state index is 12.3. The van der Waals surface area contributed by atoms with Crippen molar-refractivity contribution in [2.75, 3.05) is 11.5 Å². The van der Waals surface area contributed by atoms with Gasteiger partial charge < -0.3 is 9.84 Å². The molecule has 2 rings (SSSR count). The Hall–Kier alpha value is -1.28. The summed E-state index contributed by atoms with van der Waals surface area (Å²) in [6.07, 6.45) is -5.52. The first kappa shape index (κ1) is 16.1. The number of hydrogen-bond donors (Lipinski definition) is 1. The average Bonchev–Trinajstić information content (AvgIpc) is 2.67. The van der Waals surface area contributed by atoms with Crippen LogP contribution in [0.5, 0.6) is 5.75 Å². The molecule has 2 atom stereocenters. The fraction of sp³-hybridized carbons (Fsp3) is 0.538. The number of benzene rings is 1. The number of sulfone groups is 1. The van der Waals surface area contributed by atoms with Crippen LogP contribution in [-0.4, -0.2) is 31.4 Å². The summed E-state index contributed by atoms with van der Waals surface area (Å²) < 4.78 is 63.5. The quantitative estimate of drug-likeness (QED) is 0.924. The van der Waals surface area contributed by atoms with Crippen molar-refractivity contribution in [3.8, 4) is 5.75 Å². The molecule has 0 aromatic heterocycles. The van der Waals surface area contributed by atoms with Crippen LogP contribution in [0.25, 0.3) is 0 Å². The van der Waals surface area contributed by atoms with Crippen molar-refractivity contribution in [3.63, 3.8) is 0 Å². The molecular weight excluding hydrogens is 309 g/mol. The number of rotatable bonds is 4. The van der Waals surface area contributed by atoms with Crippen molar-refractivity contribution < 1.29 is 31.4 Å². The summed E-state index contributed by atoms with van der Waals surface area (Å²) >= 11 is 0. The first-order valence-corrected chi connectivity index (χ1v) is 8.21. The molecule has 1 aliphatic heterocycles. The van der Waals surface area contributed by atoms with Gasteiger partial charge >= 0.3 is 6.36 Å². The van der Waals surface area contributed by atoms with E-state index in [1.54, 1.807) is 0 Å². The minimum Gasteiger partial charge on any atom is -0.405 e. The Bertz CT molecular complexity index is 598. The van der Waals surface area contributed by atoms with Crippen molar-refractivity contribution in [1.29, 1.82) is 0 Å². The molecule has 0 amide bonds. The number of halogens is 3. The molecule has 2 unspecified atom stereocenters. The summed E-state index contributed by atoms with van der Waals surface area (Å²) in [5.41, 5.74) is 0.0131. The van der Waals surface area contributed by atoms with Crippen LogP contribution >= 0.6 is 0 Å². The van der Waals surface area contributed by atoms with E-state index in [0.29, 0.717) is 6.42 Å². The fourth-order valence-electron chi connectivity index (χ4n) is 2.47. The minimum absolute atomic E-state index is 0.0131. The van der Waals surface area contributed by atoms with Gasteiger partial charge in [0.25, 0.3) is 0 Å². The van der Waals surface area contributed by atoms with Crippen molar-refractivity contribution in [2.24, 2.45) is 5.92 Å². The molecule has 0 aliphatic carbocycles. The van der Waals surface area contributed by atoms with Crippen molar-refractivity contribution in [2.45, 2.75) is 25.3 Å². The van der Waals surface area contributed by atoms with Gasteiger partial charge in [-0.1, -0.05) is 18.2 Å². The number of aliphatic hydroxyl groups is 1. The van der Waals surface area contributed by atoms with Crippen molar-refractivity contribution in [1.82, 2.24) is 0 Å². The largest absolute Gasteiger partial charge is 0.573 e. The minimum atomic E-state index is -4.84. The zero-order valence-electron chi connectivity index (χ0n) is 11.0. The monoisotopic (exact) mass is 324 g/mol. The van der Waals surface area contributed by atoms with E-state index < -0.39 is 28.1 Å². The summed E-state index contributed by atoms with van der Waals surface area (Å²) in [7, 11) is -3.08. The van der Waals surface area contributed by atoms with Gasteiger partial charge in [0.15, 0.2) is 9.84 Å². The average molecular weight is 324 g/mol. The molecule has 1 N–H and O–H groups in total. The second-order valence-electron chi connectivity index (χ2n) is 5.11. The van der Waals surface area contributed by atoms with Crippen LogP contribution in [0, 0.1) is 5.92 Å². The lowest BCUT2D eigenvalue weighted by Crippen LogP contribution is -2.19. The van der Waals surface area contributed by atoms with Crippen LogP contribution in [0.15, 0.2) is 24.3 Å². The van der Waals surface area contributed by atoms with Gasteiger partial charge in [0.2, 0.25) is 0 Å². The van der Waals surface area contributed by atoms with Gasteiger partial charge in [-0.2, -0.15) is 0 Å². The van der Waals surface area contributed by atoms with Gasteiger partial charge in [-0.3, -0.25) is 0 Å². The molecule has 0 spiro atoms. The molecular formula is C13H15F3O4S. The molecule has 0 bridgehead atoms. The Morgan fingerprint density at radius 3 is 2.57 bits per heavy atom. The third-order valence-electron chi connectivity index (χ3n) is 3.39. The summed E-state index contributed by atoms with van der Waals surface area (Å²) in [5, 5.41) is 10.1. The van der Waals surface area contributed by atoms with E-state index in [0.717, 1.165) is 6.07 Å². The topological polar surface area (TPSA) is 63.6 Å². The van der Waals surface area contributed by atoms with Crippen LogP contribution in [0.4, 0.5) is 13.2 Å². The summed E-state index contributed by atoms with van der Waals surface area (Å²) in [6, 6.07) is 5.33. The number of alkyl halides is 3. The molecule has 118 valence electrons.